The second-order valence-electron chi connectivity index (χ2n) is 7.22. The molecule has 3 rings (SSSR count). The predicted molar refractivity (Wildman–Crippen MR) is 109 cm³/mol. The summed E-state index contributed by atoms with van der Waals surface area (Å²) in [6.45, 7) is 3.83. The van der Waals surface area contributed by atoms with E-state index in [0.717, 1.165) is 10.9 Å². The Labute approximate surface area is 174 Å². The van der Waals surface area contributed by atoms with E-state index in [9.17, 15) is 14.0 Å². The molecule has 30 heavy (non-hydrogen) atoms. The van der Waals surface area contributed by atoms with Gasteiger partial charge in [0, 0.05) is 24.5 Å². The normalized spacial score (nSPS) is 11.1. The lowest BCUT2D eigenvalue weighted by molar-refractivity contribution is -0.133. The molecule has 6 nitrogen and oxygen atoms in total. The third-order valence-electron chi connectivity index (χ3n) is 4.53. The fourth-order valence-electron chi connectivity index (χ4n) is 2.91. The van der Waals surface area contributed by atoms with E-state index < -0.39 is 12.6 Å². The molecule has 0 aliphatic rings. The molecular weight excluding hydrogens is 389 g/mol. The largest absolute Gasteiger partial charge is 0.450 e. The summed E-state index contributed by atoms with van der Waals surface area (Å²) in [6.07, 6.45) is -0.0239. The van der Waals surface area contributed by atoms with Crippen LogP contribution in [-0.4, -0.2) is 36.5 Å². The molecule has 2 aromatic carbocycles. The molecule has 0 aliphatic heterocycles. The molecule has 0 unspecified atom stereocenters. The number of fused-ring (bicyclic) bond motifs is 1. The van der Waals surface area contributed by atoms with E-state index in [4.69, 9.17) is 13.9 Å². The van der Waals surface area contributed by atoms with Crippen molar-refractivity contribution in [2.24, 2.45) is 0 Å². The minimum atomic E-state index is -0.725. The molecule has 0 atom stereocenters. The van der Waals surface area contributed by atoms with Gasteiger partial charge in [0.2, 0.25) is 5.76 Å². The summed E-state index contributed by atoms with van der Waals surface area (Å²) < 4.78 is 29.5. The number of carbonyl (C=O) groups excluding carboxylic acids is 2. The number of nitrogens with zero attached hydrogens (tertiary/aromatic N) is 1. The number of furan rings is 1. The monoisotopic (exact) mass is 413 g/mol. The maximum absolute atomic E-state index is 13.0. The van der Waals surface area contributed by atoms with Crippen molar-refractivity contribution in [3.05, 3.63) is 71.2 Å². The molecule has 0 aliphatic carbocycles. The summed E-state index contributed by atoms with van der Waals surface area (Å²) in [6, 6.07) is 13.1. The third-order valence-corrected chi connectivity index (χ3v) is 4.53. The predicted octanol–water partition coefficient (Wildman–Crippen LogP) is 4.31. The van der Waals surface area contributed by atoms with Crippen LogP contribution in [0.2, 0.25) is 0 Å². The first kappa shape index (κ1) is 21.5. The smallest absolute Gasteiger partial charge is 0.375 e. The van der Waals surface area contributed by atoms with E-state index in [1.807, 2.05) is 32.0 Å². The van der Waals surface area contributed by atoms with E-state index in [1.54, 1.807) is 25.2 Å². The van der Waals surface area contributed by atoms with Crippen molar-refractivity contribution < 1.29 is 27.9 Å². The summed E-state index contributed by atoms with van der Waals surface area (Å²) in [7, 11) is 1.59. The Balaban J connectivity index is 1.66. The first-order chi connectivity index (χ1) is 14.3. The molecule has 0 saturated carbocycles. The van der Waals surface area contributed by atoms with E-state index >= 15 is 0 Å². The molecule has 0 saturated heterocycles. The van der Waals surface area contributed by atoms with E-state index in [1.165, 1.54) is 17.0 Å². The number of para-hydroxylation sites is 1. The SMILES string of the molecule is CC(C)OCc1c(C(=O)OCC(=O)N(C)Cc2ccc(F)cc2)oc2ccccc12. The van der Waals surface area contributed by atoms with Gasteiger partial charge in [-0.2, -0.15) is 0 Å². The number of benzene rings is 2. The van der Waals surface area contributed by atoms with Crippen LogP contribution < -0.4 is 0 Å². The molecule has 3 aromatic rings. The molecule has 0 bridgehead atoms. The van der Waals surface area contributed by atoms with Crippen molar-refractivity contribution in [1.82, 2.24) is 4.90 Å². The summed E-state index contributed by atoms with van der Waals surface area (Å²) in [5.74, 6) is -1.42. The van der Waals surface area contributed by atoms with Gasteiger partial charge in [0.15, 0.2) is 6.61 Å². The molecule has 0 fully saturated rings. The molecule has 0 N–H and O–H groups in total. The molecule has 7 heteroatoms. The number of hydrogen-bond donors (Lipinski definition) is 0. The maximum atomic E-state index is 13.0. The number of esters is 1. The highest BCUT2D eigenvalue weighted by molar-refractivity contribution is 5.96. The molecule has 1 aromatic heterocycles. The van der Waals surface area contributed by atoms with Crippen LogP contribution in [0, 0.1) is 5.82 Å². The Morgan fingerprint density at radius 3 is 2.50 bits per heavy atom. The van der Waals surface area contributed by atoms with E-state index in [2.05, 4.69) is 0 Å². The van der Waals surface area contributed by atoms with E-state index in [-0.39, 0.29) is 36.7 Å². The van der Waals surface area contributed by atoms with Crippen molar-refractivity contribution >= 4 is 22.8 Å². The average molecular weight is 413 g/mol. The molecule has 1 amide bonds. The second-order valence-corrected chi connectivity index (χ2v) is 7.22. The number of ether oxygens (including phenoxy) is 2. The van der Waals surface area contributed by atoms with Gasteiger partial charge in [0.05, 0.1) is 12.7 Å². The van der Waals surface area contributed by atoms with Gasteiger partial charge in [-0.3, -0.25) is 4.79 Å². The molecule has 158 valence electrons. The topological polar surface area (TPSA) is 69.0 Å². The number of carbonyl (C=O) groups is 2. The average Bonchev–Trinajstić information content (AvgIpc) is 3.10. The first-order valence-electron chi connectivity index (χ1n) is 9.62. The highest BCUT2D eigenvalue weighted by atomic mass is 19.1. The van der Waals surface area contributed by atoms with Gasteiger partial charge < -0.3 is 18.8 Å². The summed E-state index contributed by atoms with van der Waals surface area (Å²) in [5.41, 5.74) is 1.91. The Bertz CT molecular complexity index is 1030. The Morgan fingerprint density at radius 1 is 1.10 bits per heavy atom. The van der Waals surface area contributed by atoms with E-state index in [0.29, 0.717) is 11.1 Å². The van der Waals surface area contributed by atoms with Crippen LogP contribution in [0.25, 0.3) is 11.0 Å². The Kier molecular flexibility index (Phi) is 6.84. The highest BCUT2D eigenvalue weighted by Gasteiger charge is 2.23. The lowest BCUT2D eigenvalue weighted by Crippen LogP contribution is -2.30. The van der Waals surface area contributed by atoms with Crippen LogP contribution in [0.1, 0.15) is 35.5 Å². The maximum Gasteiger partial charge on any atom is 0.375 e. The highest BCUT2D eigenvalue weighted by Crippen LogP contribution is 2.27. The zero-order chi connectivity index (χ0) is 21.7. The van der Waals surface area contributed by atoms with Gasteiger partial charge in [-0.05, 0) is 37.6 Å². The molecule has 0 radical (unpaired) electrons. The fraction of sp³-hybridized carbons (Fsp3) is 0.304. The fourth-order valence-corrected chi connectivity index (χ4v) is 2.91. The Morgan fingerprint density at radius 2 is 1.80 bits per heavy atom. The number of amides is 1. The number of rotatable bonds is 8. The van der Waals surface area contributed by atoms with Gasteiger partial charge in [0.25, 0.3) is 5.91 Å². The minimum Gasteiger partial charge on any atom is -0.450 e. The quantitative estimate of drug-likeness (QED) is 0.515. The molecular formula is C23H24FNO5. The van der Waals surface area contributed by atoms with Crippen LogP contribution in [0.3, 0.4) is 0 Å². The summed E-state index contributed by atoms with van der Waals surface area (Å²) in [5, 5.41) is 0.768. The lowest BCUT2D eigenvalue weighted by atomic mass is 10.1. The van der Waals surface area contributed by atoms with Crippen molar-refractivity contribution in [3.8, 4) is 0 Å². The van der Waals surface area contributed by atoms with Crippen molar-refractivity contribution in [1.29, 1.82) is 0 Å². The summed E-state index contributed by atoms with van der Waals surface area (Å²) in [4.78, 5) is 26.4. The molecule has 1 heterocycles. The minimum absolute atomic E-state index is 0.0239. The number of likely N-dealkylation sites (N-methyl/N-ethyl adjacent to an activating group) is 1. The van der Waals surface area contributed by atoms with Crippen LogP contribution in [0.5, 0.6) is 0 Å². The van der Waals surface area contributed by atoms with Crippen molar-refractivity contribution in [2.45, 2.75) is 33.1 Å². The van der Waals surface area contributed by atoms with Gasteiger partial charge in [-0.1, -0.05) is 30.3 Å². The van der Waals surface area contributed by atoms with Crippen LogP contribution in [-0.2, 0) is 27.4 Å². The van der Waals surface area contributed by atoms with Gasteiger partial charge in [-0.25, -0.2) is 9.18 Å². The van der Waals surface area contributed by atoms with Crippen LogP contribution in [0.4, 0.5) is 4.39 Å². The first-order valence-corrected chi connectivity index (χ1v) is 9.62. The third kappa shape index (κ3) is 5.24. The lowest BCUT2D eigenvalue weighted by Gasteiger charge is -2.17. The zero-order valence-corrected chi connectivity index (χ0v) is 17.2. The van der Waals surface area contributed by atoms with Crippen molar-refractivity contribution in [2.75, 3.05) is 13.7 Å². The van der Waals surface area contributed by atoms with Gasteiger partial charge in [-0.15, -0.1) is 0 Å². The van der Waals surface area contributed by atoms with Crippen LogP contribution in [0.15, 0.2) is 52.9 Å². The number of hydrogen-bond acceptors (Lipinski definition) is 5. The molecule has 0 spiro atoms. The second kappa shape index (κ2) is 9.54. The summed E-state index contributed by atoms with van der Waals surface area (Å²) >= 11 is 0. The van der Waals surface area contributed by atoms with Crippen LogP contribution >= 0.6 is 0 Å². The standard InChI is InChI=1S/C23H24FNO5/c1-15(2)28-13-19-18-6-4-5-7-20(18)30-22(19)23(27)29-14-21(26)25(3)12-16-8-10-17(24)11-9-16/h4-11,15H,12-14H2,1-3H3. The zero-order valence-electron chi connectivity index (χ0n) is 17.2. The van der Waals surface area contributed by atoms with Crippen molar-refractivity contribution in [3.63, 3.8) is 0 Å². The number of halogens is 1. The Hall–Kier alpha value is -3.19. The van der Waals surface area contributed by atoms with Gasteiger partial charge >= 0.3 is 5.97 Å². The van der Waals surface area contributed by atoms with Gasteiger partial charge in [0.1, 0.15) is 11.4 Å².